The van der Waals surface area contributed by atoms with Crippen LogP contribution in [-0.4, -0.2) is 11.3 Å². The number of ether oxygens (including phenoxy) is 1. The third kappa shape index (κ3) is 3.17. The third-order valence-electron chi connectivity index (χ3n) is 2.96. The molecular formula is C15H16FNO2S. The number of nitrogen functional groups attached to an aromatic ring is 1. The molecule has 0 bridgehead atoms. The lowest BCUT2D eigenvalue weighted by Gasteiger charge is -2.08. The second-order valence-corrected chi connectivity index (χ2v) is 5.90. The zero-order valence-electron chi connectivity index (χ0n) is 11.4. The molecule has 2 rings (SSSR count). The van der Waals surface area contributed by atoms with Crippen molar-refractivity contribution in [2.45, 2.75) is 17.6 Å². The van der Waals surface area contributed by atoms with Crippen molar-refractivity contribution < 1.29 is 13.3 Å². The number of rotatable bonds is 4. The van der Waals surface area contributed by atoms with Crippen LogP contribution in [0.1, 0.15) is 11.1 Å². The Kier molecular flexibility index (Phi) is 4.39. The average molecular weight is 293 g/mol. The molecule has 0 aliphatic heterocycles. The van der Waals surface area contributed by atoms with Gasteiger partial charge in [0.1, 0.15) is 0 Å². The first kappa shape index (κ1) is 14.5. The van der Waals surface area contributed by atoms with E-state index in [0.717, 1.165) is 10.5 Å². The quantitative estimate of drug-likeness (QED) is 0.882. The summed E-state index contributed by atoms with van der Waals surface area (Å²) in [5.41, 5.74) is 7.84. The molecule has 0 amide bonds. The Hall–Kier alpha value is -1.88. The molecule has 2 N–H and O–H groups in total. The summed E-state index contributed by atoms with van der Waals surface area (Å²) in [6.07, 6.45) is 0. The lowest BCUT2D eigenvalue weighted by molar-refractivity contribution is 0.386. The number of hydrogen-bond acceptors (Lipinski definition) is 3. The number of methoxy groups -OCH3 is 1. The molecule has 0 heterocycles. The van der Waals surface area contributed by atoms with Crippen LogP contribution in [0.5, 0.6) is 5.75 Å². The minimum Gasteiger partial charge on any atom is -0.494 e. The van der Waals surface area contributed by atoms with Gasteiger partial charge in [0, 0.05) is 10.6 Å². The number of halogens is 1. The van der Waals surface area contributed by atoms with Gasteiger partial charge in [0.2, 0.25) is 0 Å². The predicted octanol–water partition coefficient (Wildman–Crippen LogP) is 3.03. The van der Waals surface area contributed by atoms with Crippen molar-refractivity contribution in [2.24, 2.45) is 0 Å². The van der Waals surface area contributed by atoms with Crippen LogP contribution < -0.4 is 10.5 Å². The van der Waals surface area contributed by atoms with Crippen LogP contribution >= 0.6 is 0 Å². The van der Waals surface area contributed by atoms with Gasteiger partial charge in [-0.05, 0) is 48.4 Å². The third-order valence-corrected chi connectivity index (χ3v) is 4.50. The zero-order chi connectivity index (χ0) is 14.7. The smallest absolute Gasteiger partial charge is 0.165 e. The number of anilines is 1. The summed E-state index contributed by atoms with van der Waals surface area (Å²) in [6, 6.07) is 9.85. The molecule has 5 heteroatoms. The van der Waals surface area contributed by atoms with Crippen LogP contribution in [0.3, 0.4) is 0 Å². The molecule has 3 nitrogen and oxygen atoms in total. The minimum atomic E-state index is -1.23. The summed E-state index contributed by atoms with van der Waals surface area (Å²) in [5.74, 6) is -0.00898. The van der Waals surface area contributed by atoms with Gasteiger partial charge in [0.25, 0.3) is 0 Å². The normalized spacial score (nSPS) is 12.2. The van der Waals surface area contributed by atoms with Crippen molar-refractivity contribution in [3.05, 3.63) is 53.3 Å². The van der Waals surface area contributed by atoms with Crippen molar-refractivity contribution >= 4 is 16.5 Å². The second kappa shape index (κ2) is 6.05. The largest absolute Gasteiger partial charge is 0.494 e. The lowest BCUT2D eigenvalue weighted by Crippen LogP contribution is -2.00. The van der Waals surface area contributed by atoms with Gasteiger partial charge >= 0.3 is 0 Å². The Balaban J connectivity index is 2.21. The Bertz CT molecular complexity index is 658. The summed E-state index contributed by atoms with van der Waals surface area (Å²) < 4.78 is 30.8. The highest BCUT2D eigenvalue weighted by molar-refractivity contribution is 7.84. The fraction of sp³-hybridized carbons (Fsp3) is 0.200. The van der Waals surface area contributed by atoms with Gasteiger partial charge in [0.05, 0.1) is 23.7 Å². The first-order chi connectivity index (χ1) is 9.51. The maximum atomic E-state index is 13.6. The minimum absolute atomic E-state index is 0.184. The lowest BCUT2D eigenvalue weighted by atomic mass is 10.2. The van der Waals surface area contributed by atoms with Crippen molar-refractivity contribution in [1.29, 1.82) is 0 Å². The molecule has 0 spiro atoms. The molecule has 0 saturated heterocycles. The van der Waals surface area contributed by atoms with E-state index >= 15 is 0 Å². The fourth-order valence-corrected chi connectivity index (χ4v) is 3.23. The van der Waals surface area contributed by atoms with E-state index in [9.17, 15) is 8.60 Å². The van der Waals surface area contributed by atoms with Crippen LogP contribution in [0, 0.1) is 12.7 Å². The Labute approximate surface area is 120 Å². The number of nitrogens with two attached hydrogens (primary N) is 1. The molecule has 20 heavy (non-hydrogen) atoms. The molecule has 1 unspecified atom stereocenters. The molecule has 0 saturated carbocycles. The second-order valence-electron chi connectivity index (χ2n) is 4.48. The highest BCUT2D eigenvalue weighted by atomic mass is 32.2. The number of aryl methyl sites for hydroxylation is 1. The zero-order valence-corrected chi connectivity index (χ0v) is 12.2. The maximum absolute atomic E-state index is 13.6. The Morgan fingerprint density at radius 3 is 2.60 bits per heavy atom. The number of hydrogen-bond donors (Lipinski definition) is 1. The van der Waals surface area contributed by atoms with Crippen LogP contribution in [0.4, 0.5) is 10.1 Å². The van der Waals surface area contributed by atoms with E-state index in [0.29, 0.717) is 11.3 Å². The van der Waals surface area contributed by atoms with Crippen molar-refractivity contribution in [2.75, 3.05) is 12.8 Å². The van der Waals surface area contributed by atoms with E-state index in [1.165, 1.54) is 19.2 Å². The van der Waals surface area contributed by atoms with Gasteiger partial charge in [-0.1, -0.05) is 6.07 Å². The van der Waals surface area contributed by atoms with Gasteiger partial charge in [-0.2, -0.15) is 0 Å². The number of benzene rings is 2. The van der Waals surface area contributed by atoms with Crippen LogP contribution in [0.15, 0.2) is 41.3 Å². The predicted molar refractivity (Wildman–Crippen MR) is 78.7 cm³/mol. The fourth-order valence-electron chi connectivity index (χ4n) is 1.96. The van der Waals surface area contributed by atoms with Gasteiger partial charge in [0.15, 0.2) is 11.6 Å². The van der Waals surface area contributed by atoms with Crippen molar-refractivity contribution in [3.63, 3.8) is 0 Å². The van der Waals surface area contributed by atoms with Crippen LogP contribution in [0.25, 0.3) is 0 Å². The van der Waals surface area contributed by atoms with Gasteiger partial charge < -0.3 is 10.5 Å². The summed E-state index contributed by atoms with van der Waals surface area (Å²) in [4.78, 5) is 0.718. The van der Waals surface area contributed by atoms with E-state index in [1.54, 1.807) is 24.3 Å². The summed E-state index contributed by atoms with van der Waals surface area (Å²) in [5, 5.41) is 0. The summed E-state index contributed by atoms with van der Waals surface area (Å²) >= 11 is 0. The monoisotopic (exact) mass is 293 g/mol. The molecule has 0 fully saturated rings. The van der Waals surface area contributed by atoms with Crippen molar-refractivity contribution in [1.82, 2.24) is 0 Å². The van der Waals surface area contributed by atoms with Crippen LogP contribution in [0.2, 0.25) is 0 Å². The van der Waals surface area contributed by atoms with E-state index < -0.39 is 16.6 Å². The Morgan fingerprint density at radius 1 is 1.25 bits per heavy atom. The van der Waals surface area contributed by atoms with E-state index in [2.05, 4.69) is 0 Å². The van der Waals surface area contributed by atoms with E-state index in [4.69, 9.17) is 10.5 Å². The molecule has 0 aromatic heterocycles. The maximum Gasteiger partial charge on any atom is 0.165 e. The molecule has 0 aliphatic carbocycles. The molecule has 0 aliphatic rings. The molecule has 0 radical (unpaired) electrons. The summed E-state index contributed by atoms with van der Waals surface area (Å²) in [7, 11) is 0.177. The molecular weight excluding hydrogens is 277 g/mol. The van der Waals surface area contributed by atoms with Gasteiger partial charge in [-0.15, -0.1) is 0 Å². The van der Waals surface area contributed by atoms with E-state index in [1.807, 2.05) is 6.92 Å². The van der Waals surface area contributed by atoms with Crippen molar-refractivity contribution in [3.8, 4) is 5.75 Å². The molecule has 2 aromatic rings. The first-order valence-electron chi connectivity index (χ1n) is 6.08. The van der Waals surface area contributed by atoms with E-state index in [-0.39, 0.29) is 11.5 Å². The van der Waals surface area contributed by atoms with Crippen LogP contribution in [-0.2, 0) is 16.6 Å². The highest BCUT2D eigenvalue weighted by Crippen LogP contribution is 2.22. The summed E-state index contributed by atoms with van der Waals surface area (Å²) in [6.45, 7) is 1.86. The molecule has 2 aromatic carbocycles. The van der Waals surface area contributed by atoms with Gasteiger partial charge in [-0.25, -0.2) is 4.39 Å². The first-order valence-corrected chi connectivity index (χ1v) is 7.40. The highest BCUT2D eigenvalue weighted by Gasteiger charge is 2.10. The SMILES string of the molecule is COc1ccc(CS(=O)c2ccc(N)cc2C)cc1F. The Morgan fingerprint density at radius 2 is 2.00 bits per heavy atom. The average Bonchev–Trinajstić information content (AvgIpc) is 2.38. The molecule has 1 atom stereocenters. The topological polar surface area (TPSA) is 52.3 Å². The van der Waals surface area contributed by atoms with Gasteiger partial charge in [-0.3, -0.25) is 4.21 Å². The standard InChI is InChI=1S/C15H16FNO2S/c1-10-7-12(17)4-6-15(10)20(18)9-11-3-5-14(19-2)13(16)8-11/h3-8H,9,17H2,1-2H3. The molecule has 106 valence electrons.